The topological polar surface area (TPSA) is 107 Å². The van der Waals surface area contributed by atoms with Gasteiger partial charge in [-0.25, -0.2) is 9.97 Å². The molecule has 2 aromatic carbocycles. The van der Waals surface area contributed by atoms with Gasteiger partial charge in [0.2, 0.25) is 0 Å². The van der Waals surface area contributed by atoms with Crippen LogP contribution in [0.1, 0.15) is 42.5 Å². The van der Waals surface area contributed by atoms with E-state index in [2.05, 4.69) is 40.1 Å². The summed E-state index contributed by atoms with van der Waals surface area (Å²) in [6.07, 6.45) is 4.00. The number of rotatable bonds is 6. The predicted octanol–water partition coefficient (Wildman–Crippen LogP) is 3.66. The maximum Gasteiger partial charge on any atom is 0.122 e. The average Bonchev–Trinajstić information content (AvgIpc) is 3.22. The molecule has 0 aliphatic carbocycles. The van der Waals surface area contributed by atoms with Crippen molar-refractivity contribution in [3.05, 3.63) is 59.2 Å². The second-order valence-corrected chi connectivity index (χ2v) is 6.61. The fourth-order valence-electron chi connectivity index (χ4n) is 3.27. The predicted molar refractivity (Wildman–Crippen MR) is 105 cm³/mol. The lowest BCUT2D eigenvalue weighted by atomic mass is 10.1. The average molecular weight is 346 g/mol. The second kappa shape index (κ2) is 6.63. The summed E-state index contributed by atoms with van der Waals surface area (Å²) in [5.41, 5.74) is 11.4. The van der Waals surface area contributed by atoms with Crippen molar-refractivity contribution in [3.63, 3.8) is 0 Å². The van der Waals surface area contributed by atoms with Crippen LogP contribution in [0.3, 0.4) is 0 Å². The van der Waals surface area contributed by atoms with Gasteiger partial charge in [-0.2, -0.15) is 0 Å². The van der Waals surface area contributed by atoms with Crippen LogP contribution < -0.4 is 5.73 Å². The normalized spacial score (nSPS) is 11.4. The third-order valence-corrected chi connectivity index (χ3v) is 4.62. The molecule has 2 aromatic heterocycles. The van der Waals surface area contributed by atoms with E-state index >= 15 is 0 Å². The highest BCUT2D eigenvalue weighted by Crippen LogP contribution is 2.20. The summed E-state index contributed by atoms with van der Waals surface area (Å²) < 4.78 is 0. The third kappa shape index (κ3) is 3.06. The van der Waals surface area contributed by atoms with Crippen molar-refractivity contribution in [1.82, 2.24) is 19.9 Å². The number of amidine groups is 1. The van der Waals surface area contributed by atoms with Crippen molar-refractivity contribution >= 4 is 27.9 Å². The van der Waals surface area contributed by atoms with Gasteiger partial charge in [0.25, 0.3) is 0 Å². The maximum absolute atomic E-state index is 7.56. The Balaban J connectivity index is 1.64. The zero-order valence-corrected chi connectivity index (χ0v) is 14.8. The van der Waals surface area contributed by atoms with Crippen LogP contribution in [0.15, 0.2) is 36.4 Å². The number of imidazole rings is 2. The molecular formula is C20H22N6. The van der Waals surface area contributed by atoms with Gasteiger partial charge in [0.1, 0.15) is 17.5 Å². The van der Waals surface area contributed by atoms with Gasteiger partial charge in [0.15, 0.2) is 0 Å². The maximum atomic E-state index is 7.56. The number of aryl methyl sites for hydroxylation is 1. The van der Waals surface area contributed by atoms with Crippen LogP contribution in [0.25, 0.3) is 22.1 Å². The number of aromatic amines is 2. The highest BCUT2D eigenvalue weighted by atomic mass is 15.0. The van der Waals surface area contributed by atoms with E-state index in [4.69, 9.17) is 16.1 Å². The van der Waals surface area contributed by atoms with E-state index in [1.807, 2.05) is 18.2 Å². The van der Waals surface area contributed by atoms with Crippen molar-refractivity contribution in [2.45, 2.75) is 32.6 Å². The Bertz CT molecular complexity index is 1090. The Kier molecular flexibility index (Phi) is 4.16. The van der Waals surface area contributed by atoms with Crippen molar-refractivity contribution in [1.29, 1.82) is 5.41 Å². The number of H-pyrrole nitrogens is 2. The van der Waals surface area contributed by atoms with Crippen LogP contribution in [0.5, 0.6) is 0 Å². The molecule has 0 spiro atoms. The Morgan fingerprint density at radius 3 is 2.69 bits per heavy atom. The van der Waals surface area contributed by atoms with Gasteiger partial charge >= 0.3 is 0 Å². The summed E-state index contributed by atoms with van der Waals surface area (Å²) >= 11 is 0. The molecule has 0 radical (unpaired) electrons. The number of aromatic nitrogens is 4. The standard InChI is InChI=1S/C20H22N6/c1-2-3-5-12-6-4-7-15-19(12)26-18(24-15)11-17-23-14-9-8-13(20(21)22)10-16(14)25-17/h4,6-10H,2-3,5,11H2,1H3,(H3,21,22)(H,23,25)(H,24,26). The van der Waals surface area contributed by atoms with Gasteiger partial charge in [0, 0.05) is 5.56 Å². The third-order valence-electron chi connectivity index (χ3n) is 4.62. The molecule has 0 fully saturated rings. The van der Waals surface area contributed by atoms with Crippen LogP contribution in [0.4, 0.5) is 0 Å². The van der Waals surface area contributed by atoms with Gasteiger partial charge < -0.3 is 15.7 Å². The summed E-state index contributed by atoms with van der Waals surface area (Å²) in [6.45, 7) is 2.20. The van der Waals surface area contributed by atoms with Gasteiger partial charge in [0.05, 0.1) is 28.5 Å². The number of para-hydroxylation sites is 1. The zero-order chi connectivity index (χ0) is 18.1. The monoisotopic (exact) mass is 346 g/mol. The minimum absolute atomic E-state index is 0.0555. The molecule has 132 valence electrons. The van der Waals surface area contributed by atoms with Crippen LogP contribution in [-0.4, -0.2) is 25.8 Å². The summed E-state index contributed by atoms with van der Waals surface area (Å²) in [5, 5.41) is 7.56. The summed E-state index contributed by atoms with van der Waals surface area (Å²) in [7, 11) is 0. The molecule has 6 heteroatoms. The quantitative estimate of drug-likeness (QED) is 0.316. The first-order valence-electron chi connectivity index (χ1n) is 8.93. The smallest absolute Gasteiger partial charge is 0.122 e. The highest BCUT2D eigenvalue weighted by Gasteiger charge is 2.11. The number of hydrogen-bond acceptors (Lipinski definition) is 3. The Morgan fingerprint density at radius 2 is 1.88 bits per heavy atom. The highest BCUT2D eigenvalue weighted by molar-refractivity contribution is 5.97. The van der Waals surface area contributed by atoms with E-state index in [-0.39, 0.29) is 5.84 Å². The van der Waals surface area contributed by atoms with Crippen molar-refractivity contribution in [2.24, 2.45) is 5.73 Å². The minimum Gasteiger partial charge on any atom is -0.384 e. The number of nitrogens with zero attached hydrogens (tertiary/aromatic N) is 2. The van der Waals surface area contributed by atoms with Gasteiger partial charge in [-0.3, -0.25) is 5.41 Å². The van der Waals surface area contributed by atoms with Crippen molar-refractivity contribution in [2.75, 3.05) is 0 Å². The van der Waals surface area contributed by atoms with E-state index in [9.17, 15) is 0 Å². The molecule has 0 saturated carbocycles. The summed E-state index contributed by atoms with van der Waals surface area (Å²) in [6, 6.07) is 11.9. The number of fused-ring (bicyclic) bond motifs is 2. The minimum atomic E-state index is 0.0555. The Labute approximate surface area is 151 Å². The van der Waals surface area contributed by atoms with Gasteiger partial charge in [-0.15, -0.1) is 0 Å². The molecule has 0 aliphatic heterocycles. The number of unbranched alkanes of at least 4 members (excludes halogenated alkanes) is 1. The molecule has 0 saturated heterocycles. The number of nitrogens with two attached hydrogens (primary N) is 1. The molecule has 4 rings (SSSR count). The molecule has 0 unspecified atom stereocenters. The van der Waals surface area contributed by atoms with E-state index < -0.39 is 0 Å². The molecule has 0 aliphatic rings. The number of nitrogen functional groups attached to an aromatic ring is 1. The SMILES string of the molecule is CCCCc1cccc2[nH]c(Cc3nc4ccc(C(=N)N)cc4[nH]3)nc12. The molecule has 0 bridgehead atoms. The first-order chi connectivity index (χ1) is 12.6. The molecule has 0 amide bonds. The molecule has 5 N–H and O–H groups in total. The molecule has 6 nitrogen and oxygen atoms in total. The molecular weight excluding hydrogens is 324 g/mol. The number of hydrogen-bond donors (Lipinski definition) is 4. The van der Waals surface area contributed by atoms with E-state index in [0.29, 0.717) is 12.0 Å². The fourth-order valence-corrected chi connectivity index (χ4v) is 3.27. The fraction of sp³-hybridized carbons (Fsp3) is 0.250. The van der Waals surface area contributed by atoms with E-state index in [1.54, 1.807) is 0 Å². The van der Waals surface area contributed by atoms with Crippen LogP contribution in [0, 0.1) is 5.41 Å². The first-order valence-corrected chi connectivity index (χ1v) is 8.93. The van der Waals surface area contributed by atoms with E-state index in [0.717, 1.165) is 40.1 Å². The lowest BCUT2D eigenvalue weighted by Crippen LogP contribution is -2.10. The summed E-state index contributed by atoms with van der Waals surface area (Å²) in [4.78, 5) is 16.1. The van der Waals surface area contributed by atoms with Crippen LogP contribution in [-0.2, 0) is 12.8 Å². The first kappa shape index (κ1) is 16.3. The van der Waals surface area contributed by atoms with Crippen molar-refractivity contribution in [3.8, 4) is 0 Å². The lowest BCUT2D eigenvalue weighted by Gasteiger charge is -1.99. The molecule has 26 heavy (non-hydrogen) atoms. The van der Waals surface area contributed by atoms with Gasteiger partial charge in [-0.05, 0) is 42.7 Å². The summed E-state index contributed by atoms with van der Waals surface area (Å²) in [5.74, 6) is 1.80. The lowest BCUT2D eigenvalue weighted by molar-refractivity contribution is 0.798. The number of benzene rings is 2. The van der Waals surface area contributed by atoms with Crippen LogP contribution in [0.2, 0.25) is 0 Å². The second-order valence-electron chi connectivity index (χ2n) is 6.61. The van der Waals surface area contributed by atoms with Gasteiger partial charge in [-0.1, -0.05) is 25.5 Å². The number of nitrogens with one attached hydrogen (secondary N) is 3. The molecule has 2 heterocycles. The van der Waals surface area contributed by atoms with Crippen molar-refractivity contribution < 1.29 is 0 Å². The van der Waals surface area contributed by atoms with E-state index in [1.165, 1.54) is 18.4 Å². The Hall–Kier alpha value is -3.15. The zero-order valence-electron chi connectivity index (χ0n) is 14.8. The largest absolute Gasteiger partial charge is 0.384 e. The molecule has 0 atom stereocenters. The van der Waals surface area contributed by atoms with Crippen LogP contribution >= 0.6 is 0 Å². The molecule has 4 aromatic rings. The Morgan fingerprint density at radius 1 is 1.08 bits per heavy atom.